The van der Waals surface area contributed by atoms with Crippen LogP contribution in [0, 0.1) is 11.6 Å². The smallest absolute Gasteiger partial charge is 0.412 e. The maximum absolute atomic E-state index is 15.3. The summed E-state index contributed by atoms with van der Waals surface area (Å²) >= 11 is 0. The molecule has 2 heterocycles. The van der Waals surface area contributed by atoms with E-state index in [1.165, 1.54) is 25.1 Å². The summed E-state index contributed by atoms with van der Waals surface area (Å²) in [5, 5.41) is 12.4. The molecule has 202 valence electrons. The van der Waals surface area contributed by atoms with Crippen LogP contribution in [0.25, 0.3) is 0 Å². The van der Waals surface area contributed by atoms with Crippen LogP contribution >= 0.6 is 0 Å². The molecule has 2 N–H and O–H groups in total. The number of rotatable bonds is 7. The van der Waals surface area contributed by atoms with Crippen LogP contribution in [0.15, 0.2) is 30.3 Å². The summed E-state index contributed by atoms with van der Waals surface area (Å²) in [6.07, 6.45) is -5.04. The topological polar surface area (TPSA) is 65.0 Å². The Labute approximate surface area is 209 Å². The molecule has 12 heteroatoms. The lowest BCUT2D eigenvalue weighted by atomic mass is 9.84. The van der Waals surface area contributed by atoms with Crippen molar-refractivity contribution in [2.24, 2.45) is 0 Å². The highest BCUT2D eigenvalue weighted by Gasteiger charge is 2.42. The molecular weight excluding hydrogens is 504 g/mol. The van der Waals surface area contributed by atoms with E-state index in [-0.39, 0.29) is 23.8 Å². The molecule has 0 saturated carbocycles. The zero-order valence-electron chi connectivity index (χ0n) is 20.0. The molecule has 0 unspecified atom stereocenters. The molecular formula is C25H27F6N3O3. The second-order valence-electron chi connectivity index (χ2n) is 9.46. The van der Waals surface area contributed by atoms with Crippen molar-refractivity contribution in [1.82, 2.24) is 15.1 Å². The Morgan fingerprint density at radius 2 is 1.84 bits per heavy atom. The van der Waals surface area contributed by atoms with Gasteiger partial charge in [-0.2, -0.15) is 13.2 Å². The Morgan fingerprint density at radius 1 is 1.16 bits per heavy atom. The number of hydrogen-bond donors (Lipinski definition) is 2. The van der Waals surface area contributed by atoms with Crippen molar-refractivity contribution < 1.29 is 41.0 Å². The first-order valence-corrected chi connectivity index (χ1v) is 11.8. The summed E-state index contributed by atoms with van der Waals surface area (Å²) in [5.41, 5.74) is 0.111. The van der Waals surface area contributed by atoms with Gasteiger partial charge in [-0.25, -0.2) is 13.6 Å². The fourth-order valence-corrected chi connectivity index (χ4v) is 4.99. The van der Waals surface area contributed by atoms with E-state index in [0.29, 0.717) is 31.6 Å². The minimum absolute atomic E-state index is 0.110. The van der Waals surface area contributed by atoms with Crippen LogP contribution in [0.5, 0.6) is 11.5 Å². The first kappa shape index (κ1) is 27.1. The first-order valence-electron chi connectivity index (χ1n) is 11.8. The average Bonchev–Trinajstić information content (AvgIpc) is 2.75. The molecule has 0 radical (unpaired) electrons. The van der Waals surface area contributed by atoms with Crippen molar-refractivity contribution in [1.29, 1.82) is 0 Å². The highest BCUT2D eigenvalue weighted by atomic mass is 19.4. The number of carbonyl (C=O) groups excluding carboxylic acids is 1. The summed E-state index contributed by atoms with van der Waals surface area (Å²) in [6, 6.07) is 3.09. The molecule has 2 aliphatic heterocycles. The highest BCUT2D eigenvalue weighted by Crippen LogP contribution is 2.43. The second-order valence-corrected chi connectivity index (χ2v) is 9.46. The molecule has 6 nitrogen and oxygen atoms in total. The van der Waals surface area contributed by atoms with E-state index in [1.54, 1.807) is 0 Å². The molecule has 2 aromatic carbocycles. The number of halogens is 6. The number of nitrogens with zero attached hydrogens (tertiary/aromatic N) is 2. The van der Waals surface area contributed by atoms with Crippen molar-refractivity contribution in [3.05, 3.63) is 58.7 Å². The summed E-state index contributed by atoms with van der Waals surface area (Å²) in [4.78, 5) is 15.1. The number of alkyl halides is 4. The number of hydrogen-bond acceptors (Lipinski definition) is 5. The molecule has 0 bridgehead atoms. The molecule has 0 aliphatic carbocycles. The zero-order valence-corrected chi connectivity index (χ0v) is 20.0. The van der Waals surface area contributed by atoms with E-state index in [1.807, 2.05) is 4.90 Å². The molecule has 2 atom stereocenters. The van der Waals surface area contributed by atoms with Gasteiger partial charge in [0.05, 0.1) is 25.3 Å². The summed E-state index contributed by atoms with van der Waals surface area (Å²) in [5.74, 6) is -2.90. The van der Waals surface area contributed by atoms with Crippen LogP contribution in [0.2, 0.25) is 0 Å². The van der Waals surface area contributed by atoms with Crippen molar-refractivity contribution in [3.8, 4) is 11.5 Å². The maximum Gasteiger partial charge on any atom is 0.412 e. The van der Waals surface area contributed by atoms with E-state index < -0.39 is 60.5 Å². The molecule has 4 rings (SSSR count). The van der Waals surface area contributed by atoms with Crippen molar-refractivity contribution in [2.75, 3.05) is 32.9 Å². The SMILES string of the molecule is C[C@@H]1Cc2cc(O)ccc2[C@@H](c2c(F)cc(OC(=O)NC3CN(CCCF)C3)cc2F)N1CC(F)(F)F. The second kappa shape index (κ2) is 10.8. The van der Waals surface area contributed by atoms with Crippen molar-refractivity contribution in [2.45, 2.75) is 44.1 Å². The Hall–Kier alpha value is -2.99. The van der Waals surface area contributed by atoms with Crippen LogP contribution in [-0.4, -0.2) is 72.1 Å². The number of nitrogens with one attached hydrogen (secondary N) is 1. The van der Waals surface area contributed by atoms with Crippen LogP contribution < -0.4 is 10.1 Å². The van der Waals surface area contributed by atoms with Gasteiger partial charge in [-0.15, -0.1) is 0 Å². The molecule has 0 spiro atoms. The quantitative estimate of drug-likeness (QED) is 0.508. The van der Waals surface area contributed by atoms with E-state index in [9.17, 15) is 27.5 Å². The molecule has 37 heavy (non-hydrogen) atoms. The number of carbonyl (C=O) groups is 1. The van der Waals surface area contributed by atoms with Crippen molar-refractivity contribution in [3.63, 3.8) is 0 Å². The van der Waals surface area contributed by atoms with E-state index >= 15 is 8.78 Å². The van der Waals surface area contributed by atoms with Gasteiger partial charge in [0.1, 0.15) is 23.1 Å². The van der Waals surface area contributed by atoms with Crippen LogP contribution in [0.4, 0.5) is 31.1 Å². The number of fused-ring (bicyclic) bond motifs is 1. The van der Waals surface area contributed by atoms with Crippen LogP contribution in [-0.2, 0) is 6.42 Å². The van der Waals surface area contributed by atoms with E-state index in [2.05, 4.69) is 5.32 Å². The lowest BCUT2D eigenvalue weighted by Gasteiger charge is -2.42. The minimum atomic E-state index is -4.63. The summed E-state index contributed by atoms with van der Waals surface area (Å²) in [6.45, 7) is 1.20. The molecule has 2 aliphatic rings. The lowest BCUT2D eigenvalue weighted by Crippen LogP contribution is -2.59. The molecule has 1 saturated heterocycles. The number of aromatic hydroxyl groups is 1. The predicted molar refractivity (Wildman–Crippen MR) is 122 cm³/mol. The first-order chi connectivity index (χ1) is 17.4. The lowest BCUT2D eigenvalue weighted by molar-refractivity contribution is -0.155. The number of phenols is 1. The monoisotopic (exact) mass is 531 g/mol. The third kappa shape index (κ3) is 6.30. The van der Waals surface area contributed by atoms with E-state index in [4.69, 9.17) is 4.74 Å². The van der Waals surface area contributed by atoms with Gasteiger partial charge in [0.25, 0.3) is 0 Å². The Bertz CT molecular complexity index is 1120. The van der Waals surface area contributed by atoms with Gasteiger partial charge in [-0.3, -0.25) is 14.2 Å². The van der Waals surface area contributed by atoms with Crippen LogP contribution in [0.3, 0.4) is 0 Å². The molecule has 0 aromatic heterocycles. The fraction of sp³-hybridized carbons (Fsp3) is 0.480. The third-order valence-corrected chi connectivity index (χ3v) is 6.62. The number of benzene rings is 2. The number of amides is 1. The Morgan fingerprint density at radius 3 is 2.46 bits per heavy atom. The van der Waals surface area contributed by atoms with Gasteiger partial charge in [0.2, 0.25) is 0 Å². The third-order valence-electron chi connectivity index (χ3n) is 6.62. The van der Waals surface area contributed by atoms with Gasteiger partial charge >= 0.3 is 12.3 Å². The molecule has 1 fully saturated rings. The molecule has 2 aromatic rings. The average molecular weight is 531 g/mol. The van der Waals surface area contributed by atoms with Gasteiger partial charge in [0, 0.05) is 43.4 Å². The zero-order chi connectivity index (χ0) is 26.9. The van der Waals surface area contributed by atoms with Gasteiger partial charge < -0.3 is 15.2 Å². The summed E-state index contributed by atoms with van der Waals surface area (Å²) < 4.78 is 88.2. The molecule has 1 amide bonds. The Kier molecular flexibility index (Phi) is 7.88. The Balaban J connectivity index is 1.56. The van der Waals surface area contributed by atoms with E-state index in [0.717, 1.165) is 17.0 Å². The van der Waals surface area contributed by atoms with Gasteiger partial charge in [0.15, 0.2) is 0 Å². The number of likely N-dealkylation sites (tertiary alicyclic amines) is 1. The number of ether oxygens (including phenoxy) is 1. The standard InChI is InChI=1S/C25H27F6N3O3/c1-14-7-15-8-17(35)3-4-19(15)23(34(14)13-25(29,30)31)22-20(27)9-18(10-21(22)28)37-24(36)32-16-11-33(12-16)6-2-5-26/h3-4,8-10,14,16,23,35H,2,5-7,11-13H2,1H3,(H,32,36)/t14-,23+/m1/s1. The van der Waals surface area contributed by atoms with Crippen LogP contribution in [0.1, 0.15) is 36.1 Å². The largest absolute Gasteiger partial charge is 0.508 e. The predicted octanol–water partition coefficient (Wildman–Crippen LogP) is 4.70. The fourth-order valence-electron chi connectivity index (χ4n) is 4.99. The minimum Gasteiger partial charge on any atom is -0.508 e. The van der Waals surface area contributed by atoms with Crippen molar-refractivity contribution >= 4 is 6.09 Å². The normalized spacial score (nSPS) is 20.8. The summed E-state index contributed by atoms with van der Waals surface area (Å²) in [7, 11) is 0. The highest BCUT2D eigenvalue weighted by molar-refractivity contribution is 5.71. The van der Waals surface area contributed by atoms with Gasteiger partial charge in [-0.05, 0) is 43.0 Å². The number of phenolic OH excluding ortho intramolecular Hbond substituents is 1. The van der Waals surface area contributed by atoms with Gasteiger partial charge in [-0.1, -0.05) is 6.07 Å². The maximum atomic E-state index is 15.3.